The van der Waals surface area contributed by atoms with Gasteiger partial charge in [0, 0.05) is 24.8 Å². The molecule has 0 unspecified atom stereocenters. The van der Waals surface area contributed by atoms with Crippen LogP contribution in [-0.4, -0.2) is 28.6 Å². The average molecular weight is 316 g/mol. The highest BCUT2D eigenvalue weighted by atomic mass is 16.5. The number of hydrogen-bond donors (Lipinski definition) is 2. The maximum Gasteiger partial charge on any atom is 0.251 e. The number of carbonyl (C=O) groups is 1. The van der Waals surface area contributed by atoms with Crippen LogP contribution in [0.5, 0.6) is 5.75 Å². The summed E-state index contributed by atoms with van der Waals surface area (Å²) in [5.41, 5.74) is 9.06. The highest BCUT2D eigenvalue weighted by Gasteiger charge is 2.12. The number of aromatic nitrogens is 2. The Kier molecular flexibility index (Phi) is 5.39. The van der Waals surface area contributed by atoms with E-state index in [9.17, 15) is 4.79 Å². The largest absolute Gasteiger partial charge is 0.492 e. The number of carbonyl (C=O) groups excluding carboxylic acids is 1. The molecule has 0 atom stereocenters. The first-order chi connectivity index (χ1) is 10.9. The lowest BCUT2D eigenvalue weighted by Crippen LogP contribution is -2.24. The Labute approximate surface area is 136 Å². The predicted molar refractivity (Wildman–Crippen MR) is 89.6 cm³/mol. The zero-order valence-electron chi connectivity index (χ0n) is 14.1. The van der Waals surface area contributed by atoms with E-state index in [2.05, 4.69) is 10.3 Å². The summed E-state index contributed by atoms with van der Waals surface area (Å²) in [4.78, 5) is 16.8. The van der Waals surface area contributed by atoms with Crippen molar-refractivity contribution in [2.45, 2.75) is 27.3 Å². The quantitative estimate of drug-likeness (QED) is 0.848. The fourth-order valence-corrected chi connectivity index (χ4v) is 2.27. The molecule has 2 rings (SSSR count). The van der Waals surface area contributed by atoms with E-state index < -0.39 is 0 Å². The van der Waals surface area contributed by atoms with E-state index in [-0.39, 0.29) is 5.91 Å². The molecule has 0 aliphatic heterocycles. The Balaban J connectivity index is 2.07. The second kappa shape index (κ2) is 7.28. The van der Waals surface area contributed by atoms with Crippen molar-refractivity contribution in [1.82, 2.24) is 14.9 Å². The third-order valence-electron chi connectivity index (χ3n) is 3.94. The number of rotatable bonds is 6. The van der Waals surface area contributed by atoms with Crippen LogP contribution in [0.25, 0.3) is 0 Å². The number of nitrogens with one attached hydrogen (secondary N) is 1. The van der Waals surface area contributed by atoms with Gasteiger partial charge >= 0.3 is 0 Å². The lowest BCUT2D eigenvalue weighted by atomic mass is 10.1. The Hall–Kier alpha value is -2.34. The topological polar surface area (TPSA) is 82.2 Å². The molecular weight excluding hydrogens is 292 g/mol. The van der Waals surface area contributed by atoms with Gasteiger partial charge in [0.15, 0.2) is 0 Å². The van der Waals surface area contributed by atoms with E-state index in [0.717, 1.165) is 22.8 Å². The average Bonchev–Trinajstić information content (AvgIpc) is 2.79. The van der Waals surface area contributed by atoms with Crippen molar-refractivity contribution in [3.8, 4) is 5.75 Å². The summed E-state index contributed by atoms with van der Waals surface area (Å²) in [6, 6.07) is 5.40. The molecule has 0 aliphatic carbocycles. The number of aryl methyl sites for hydroxylation is 2. The van der Waals surface area contributed by atoms with Crippen molar-refractivity contribution in [3.05, 3.63) is 46.5 Å². The second-order valence-corrected chi connectivity index (χ2v) is 5.56. The molecule has 6 heteroatoms. The number of imidazole rings is 1. The Morgan fingerprint density at radius 2 is 2.09 bits per heavy atom. The molecule has 1 aromatic heterocycles. The molecule has 0 bridgehead atoms. The van der Waals surface area contributed by atoms with Gasteiger partial charge in [-0.1, -0.05) is 6.07 Å². The van der Waals surface area contributed by atoms with Gasteiger partial charge in [-0.15, -0.1) is 0 Å². The van der Waals surface area contributed by atoms with Crippen molar-refractivity contribution < 1.29 is 9.53 Å². The van der Waals surface area contributed by atoms with E-state index >= 15 is 0 Å². The third kappa shape index (κ3) is 3.90. The van der Waals surface area contributed by atoms with Crippen LogP contribution >= 0.6 is 0 Å². The van der Waals surface area contributed by atoms with Gasteiger partial charge in [-0.25, -0.2) is 4.98 Å². The van der Waals surface area contributed by atoms with Crippen LogP contribution < -0.4 is 15.8 Å². The molecular formula is C17H24N4O2. The normalized spacial score (nSPS) is 10.7. The van der Waals surface area contributed by atoms with Gasteiger partial charge in [0.25, 0.3) is 5.91 Å². The van der Waals surface area contributed by atoms with Crippen LogP contribution in [-0.2, 0) is 13.6 Å². The molecule has 6 nitrogen and oxygen atoms in total. The third-order valence-corrected chi connectivity index (χ3v) is 3.94. The number of nitrogens with two attached hydrogens (primary N) is 1. The molecule has 2 aromatic rings. The van der Waals surface area contributed by atoms with Gasteiger partial charge < -0.3 is 20.4 Å². The zero-order chi connectivity index (χ0) is 17.0. The molecule has 23 heavy (non-hydrogen) atoms. The molecule has 124 valence electrons. The van der Waals surface area contributed by atoms with E-state index in [1.54, 1.807) is 12.1 Å². The molecule has 0 fully saturated rings. The van der Waals surface area contributed by atoms with Gasteiger partial charge in [-0.3, -0.25) is 4.79 Å². The monoisotopic (exact) mass is 316 g/mol. The first kappa shape index (κ1) is 17.0. The lowest BCUT2D eigenvalue weighted by Gasteiger charge is -2.11. The Morgan fingerprint density at radius 3 is 2.70 bits per heavy atom. The minimum atomic E-state index is -0.152. The minimum absolute atomic E-state index is 0.152. The van der Waals surface area contributed by atoms with Crippen molar-refractivity contribution >= 4 is 5.91 Å². The molecule has 1 heterocycles. The van der Waals surface area contributed by atoms with Crippen molar-refractivity contribution in [3.63, 3.8) is 0 Å². The van der Waals surface area contributed by atoms with E-state index in [4.69, 9.17) is 10.5 Å². The van der Waals surface area contributed by atoms with Gasteiger partial charge in [0.2, 0.25) is 0 Å². The zero-order valence-corrected chi connectivity index (χ0v) is 14.1. The molecule has 1 amide bonds. The number of hydrogen-bond acceptors (Lipinski definition) is 4. The number of ether oxygens (including phenoxy) is 1. The van der Waals surface area contributed by atoms with Crippen LogP contribution in [0.4, 0.5) is 0 Å². The molecule has 3 N–H and O–H groups in total. The van der Waals surface area contributed by atoms with Gasteiger partial charge in [0.05, 0.1) is 12.2 Å². The van der Waals surface area contributed by atoms with Crippen LogP contribution in [0, 0.1) is 20.8 Å². The Morgan fingerprint density at radius 1 is 1.35 bits per heavy atom. The first-order valence-electron chi connectivity index (χ1n) is 7.64. The lowest BCUT2D eigenvalue weighted by molar-refractivity contribution is 0.0949. The van der Waals surface area contributed by atoms with E-state index in [1.807, 2.05) is 38.5 Å². The molecule has 0 spiro atoms. The first-order valence-corrected chi connectivity index (χ1v) is 7.64. The standard InChI is InChI=1S/C17H24N4O2/c1-11-5-6-14(9-15(11)23-8-7-18)17(22)19-10-16-20-12(2)13(3)21(16)4/h5-6,9H,7-8,10,18H2,1-4H3,(H,19,22). The van der Waals surface area contributed by atoms with Crippen molar-refractivity contribution in [2.24, 2.45) is 12.8 Å². The minimum Gasteiger partial charge on any atom is -0.492 e. The van der Waals surface area contributed by atoms with Crippen LogP contribution in [0.15, 0.2) is 18.2 Å². The summed E-state index contributed by atoms with van der Waals surface area (Å²) in [5.74, 6) is 1.37. The number of benzene rings is 1. The maximum absolute atomic E-state index is 12.3. The van der Waals surface area contributed by atoms with Crippen molar-refractivity contribution in [1.29, 1.82) is 0 Å². The second-order valence-electron chi connectivity index (χ2n) is 5.56. The Bertz CT molecular complexity index is 707. The van der Waals surface area contributed by atoms with Crippen LogP contribution in [0.3, 0.4) is 0 Å². The maximum atomic E-state index is 12.3. The smallest absolute Gasteiger partial charge is 0.251 e. The summed E-state index contributed by atoms with van der Waals surface area (Å²) in [5, 5.41) is 2.90. The summed E-state index contributed by atoms with van der Waals surface area (Å²) in [6.45, 7) is 7.16. The van der Waals surface area contributed by atoms with E-state index in [1.165, 1.54) is 0 Å². The SMILES string of the molecule is Cc1ccc(C(=O)NCc2nc(C)c(C)n2C)cc1OCCN. The number of nitrogens with zero attached hydrogens (tertiary/aromatic N) is 2. The fourth-order valence-electron chi connectivity index (χ4n) is 2.27. The number of amides is 1. The van der Waals surface area contributed by atoms with E-state index in [0.29, 0.717) is 31.0 Å². The molecule has 0 radical (unpaired) electrons. The fraction of sp³-hybridized carbons (Fsp3) is 0.412. The molecule has 1 aromatic carbocycles. The summed E-state index contributed by atoms with van der Waals surface area (Å²) >= 11 is 0. The molecule has 0 saturated carbocycles. The highest BCUT2D eigenvalue weighted by molar-refractivity contribution is 5.94. The van der Waals surface area contributed by atoms with Gasteiger partial charge in [-0.05, 0) is 38.5 Å². The van der Waals surface area contributed by atoms with Gasteiger partial charge in [-0.2, -0.15) is 0 Å². The van der Waals surface area contributed by atoms with Crippen molar-refractivity contribution in [2.75, 3.05) is 13.2 Å². The molecule has 0 saturated heterocycles. The van der Waals surface area contributed by atoms with Crippen LogP contribution in [0.2, 0.25) is 0 Å². The van der Waals surface area contributed by atoms with Gasteiger partial charge in [0.1, 0.15) is 18.2 Å². The molecule has 0 aliphatic rings. The summed E-state index contributed by atoms with van der Waals surface area (Å²) in [7, 11) is 1.95. The predicted octanol–water partition coefficient (Wildman–Crippen LogP) is 1.61. The summed E-state index contributed by atoms with van der Waals surface area (Å²) in [6.07, 6.45) is 0. The highest BCUT2D eigenvalue weighted by Crippen LogP contribution is 2.19. The summed E-state index contributed by atoms with van der Waals surface area (Å²) < 4.78 is 7.54. The van der Waals surface area contributed by atoms with Crippen LogP contribution in [0.1, 0.15) is 33.1 Å².